The van der Waals surface area contributed by atoms with Crippen molar-refractivity contribution in [1.29, 1.82) is 0 Å². The molecule has 1 aliphatic rings. The van der Waals surface area contributed by atoms with Crippen LogP contribution < -0.4 is 0 Å². The molecule has 0 aliphatic carbocycles. The first-order valence-electron chi connectivity index (χ1n) is 5.91. The summed E-state index contributed by atoms with van der Waals surface area (Å²) in [5.74, 6) is -0.703. The highest BCUT2D eigenvalue weighted by molar-refractivity contribution is 7.07. The minimum absolute atomic E-state index is 0.254. The van der Waals surface area contributed by atoms with Crippen molar-refractivity contribution in [2.75, 3.05) is 32.7 Å². The Morgan fingerprint density at radius 3 is 2.59 bits per heavy atom. The molecular weight excluding hydrogens is 236 g/mol. The van der Waals surface area contributed by atoms with Crippen LogP contribution in [0.5, 0.6) is 0 Å². The SMILES string of the molecule is O=C(O)CCN1CCN(Cc2ccsc2)CC1. The van der Waals surface area contributed by atoms with E-state index in [-0.39, 0.29) is 6.42 Å². The maximum Gasteiger partial charge on any atom is 0.304 e. The summed E-state index contributed by atoms with van der Waals surface area (Å²) in [4.78, 5) is 15.1. The van der Waals surface area contributed by atoms with Crippen LogP contribution in [0.2, 0.25) is 0 Å². The summed E-state index contributed by atoms with van der Waals surface area (Å²) in [5, 5.41) is 12.9. The number of hydrogen-bond donors (Lipinski definition) is 1. The van der Waals surface area contributed by atoms with Crippen LogP contribution in [0, 0.1) is 0 Å². The van der Waals surface area contributed by atoms with Gasteiger partial charge in [0, 0.05) is 39.3 Å². The number of piperazine rings is 1. The first-order chi connectivity index (χ1) is 8.24. The fourth-order valence-electron chi connectivity index (χ4n) is 2.07. The molecule has 17 heavy (non-hydrogen) atoms. The highest BCUT2D eigenvalue weighted by atomic mass is 32.1. The van der Waals surface area contributed by atoms with Gasteiger partial charge in [0.15, 0.2) is 0 Å². The van der Waals surface area contributed by atoms with E-state index in [0.29, 0.717) is 6.54 Å². The van der Waals surface area contributed by atoms with E-state index in [2.05, 4.69) is 26.6 Å². The first kappa shape index (κ1) is 12.5. The standard InChI is InChI=1S/C12H18N2O2S/c15-12(16)1-3-13-4-6-14(7-5-13)9-11-2-8-17-10-11/h2,8,10H,1,3-7,9H2,(H,15,16). The lowest BCUT2D eigenvalue weighted by Gasteiger charge is -2.34. The summed E-state index contributed by atoms with van der Waals surface area (Å²) < 4.78 is 0. The quantitative estimate of drug-likeness (QED) is 0.861. The molecule has 1 aliphatic heterocycles. The molecule has 0 atom stereocenters. The van der Waals surface area contributed by atoms with Gasteiger partial charge in [-0.1, -0.05) is 0 Å². The van der Waals surface area contributed by atoms with Crippen molar-refractivity contribution in [3.63, 3.8) is 0 Å². The first-order valence-corrected chi connectivity index (χ1v) is 6.86. The summed E-state index contributed by atoms with van der Waals surface area (Å²) in [6.45, 7) is 5.75. The fraction of sp³-hybridized carbons (Fsp3) is 0.583. The van der Waals surface area contributed by atoms with Crippen LogP contribution in [-0.2, 0) is 11.3 Å². The fourth-order valence-corrected chi connectivity index (χ4v) is 2.73. The van der Waals surface area contributed by atoms with Gasteiger partial charge in [0.05, 0.1) is 6.42 Å². The van der Waals surface area contributed by atoms with Crippen LogP contribution in [0.4, 0.5) is 0 Å². The van der Waals surface area contributed by atoms with Gasteiger partial charge in [-0.15, -0.1) is 0 Å². The summed E-state index contributed by atoms with van der Waals surface area (Å²) in [6, 6.07) is 2.17. The number of thiophene rings is 1. The molecule has 4 nitrogen and oxygen atoms in total. The van der Waals surface area contributed by atoms with Crippen molar-refractivity contribution >= 4 is 17.3 Å². The third-order valence-corrected chi connectivity index (χ3v) is 3.83. The average Bonchev–Trinajstić information content (AvgIpc) is 2.81. The molecule has 0 radical (unpaired) electrons. The zero-order valence-corrected chi connectivity index (χ0v) is 10.7. The Kier molecular flexibility index (Phi) is 4.53. The third kappa shape index (κ3) is 4.11. The lowest BCUT2D eigenvalue weighted by molar-refractivity contribution is -0.137. The molecule has 1 N–H and O–H groups in total. The molecule has 0 amide bonds. The van der Waals surface area contributed by atoms with E-state index in [1.165, 1.54) is 5.56 Å². The molecule has 0 spiro atoms. The molecule has 1 fully saturated rings. The molecule has 0 bridgehead atoms. The number of carbonyl (C=O) groups is 1. The summed E-state index contributed by atoms with van der Waals surface area (Å²) in [6.07, 6.45) is 0.254. The smallest absolute Gasteiger partial charge is 0.304 e. The predicted octanol–water partition coefficient (Wildman–Crippen LogP) is 1.34. The van der Waals surface area contributed by atoms with Gasteiger partial charge in [-0.25, -0.2) is 0 Å². The van der Waals surface area contributed by atoms with Gasteiger partial charge in [0.1, 0.15) is 0 Å². The zero-order valence-electron chi connectivity index (χ0n) is 9.84. The number of carboxylic acid groups (broad SMARTS) is 1. The Labute approximate surface area is 105 Å². The molecule has 1 aromatic heterocycles. The second kappa shape index (κ2) is 6.14. The molecule has 0 unspecified atom stereocenters. The lowest BCUT2D eigenvalue weighted by atomic mass is 10.2. The zero-order chi connectivity index (χ0) is 12.1. The van der Waals surface area contributed by atoms with Crippen molar-refractivity contribution < 1.29 is 9.90 Å². The molecule has 0 aromatic carbocycles. The topological polar surface area (TPSA) is 43.8 Å². The van der Waals surface area contributed by atoms with E-state index < -0.39 is 5.97 Å². The number of aliphatic carboxylic acids is 1. The Balaban J connectivity index is 1.69. The highest BCUT2D eigenvalue weighted by Crippen LogP contribution is 2.11. The Morgan fingerprint density at radius 1 is 1.29 bits per heavy atom. The lowest BCUT2D eigenvalue weighted by Crippen LogP contribution is -2.46. The number of rotatable bonds is 5. The second-order valence-corrected chi connectivity index (χ2v) is 5.17. The van der Waals surface area contributed by atoms with Crippen molar-refractivity contribution in [1.82, 2.24) is 9.80 Å². The molecule has 5 heteroatoms. The van der Waals surface area contributed by atoms with Crippen molar-refractivity contribution in [3.8, 4) is 0 Å². The highest BCUT2D eigenvalue weighted by Gasteiger charge is 2.17. The molecule has 2 rings (SSSR count). The van der Waals surface area contributed by atoms with Gasteiger partial charge in [0.25, 0.3) is 0 Å². The average molecular weight is 254 g/mol. The summed E-state index contributed by atoms with van der Waals surface area (Å²) in [5.41, 5.74) is 1.38. The number of nitrogens with zero attached hydrogens (tertiary/aromatic N) is 2. The van der Waals surface area contributed by atoms with E-state index in [1.807, 2.05) is 0 Å². The van der Waals surface area contributed by atoms with Gasteiger partial charge in [-0.05, 0) is 22.4 Å². The van der Waals surface area contributed by atoms with Crippen LogP contribution in [-0.4, -0.2) is 53.6 Å². The Bertz CT molecular complexity index is 345. The largest absolute Gasteiger partial charge is 0.481 e. The van der Waals surface area contributed by atoms with Gasteiger partial charge in [-0.2, -0.15) is 11.3 Å². The Morgan fingerprint density at radius 2 is 2.00 bits per heavy atom. The molecule has 94 valence electrons. The van der Waals surface area contributed by atoms with Gasteiger partial charge in [0.2, 0.25) is 0 Å². The van der Waals surface area contributed by atoms with Crippen molar-refractivity contribution in [3.05, 3.63) is 22.4 Å². The minimum Gasteiger partial charge on any atom is -0.481 e. The van der Waals surface area contributed by atoms with Crippen LogP contribution in [0.15, 0.2) is 16.8 Å². The van der Waals surface area contributed by atoms with Crippen LogP contribution in [0.25, 0.3) is 0 Å². The van der Waals surface area contributed by atoms with E-state index >= 15 is 0 Å². The third-order valence-electron chi connectivity index (χ3n) is 3.09. The minimum atomic E-state index is -0.703. The molecule has 1 saturated heterocycles. The van der Waals surface area contributed by atoms with Gasteiger partial charge in [-0.3, -0.25) is 9.69 Å². The maximum atomic E-state index is 10.5. The van der Waals surface area contributed by atoms with Crippen molar-refractivity contribution in [2.45, 2.75) is 13.0 Å². The van der Waals surface area contributed by atoms with Crippen LogP contribution in [0.1, 0.15) is 12.0 Å². The molecule has 0 saturated carbocycles. The summed E-state index contributed by atoms with van der Waals surface area (Å²) >= 11 is 1.74. The normalized spacial score (nSPS) is 18.4. The monoisotopic (exact) mass is 254 g/mol. The van der Waals surface area contributed by atoms with E-state index in [0.717, 1.165) is 32.7 Å². The number of hydrogen-bond acceptors (Lipinski definition) is 4. The number of carboxylic acids is 1. The molecule has 2 heterocycles. The van der Waals surface area contributed by atoms with E-state index in [4.69, 9.17) is 5.11 Å². The van der Waals surface area contributed by atoms with E-state index in [1.54, 1.807) is 11.3 Å². The Hall–Kier alpha value is -0.910. The second-order valence-electron chi connectivity index (χ2n) is 4.39. The van der Waals surface area contributed by atoms with Gasteiger partial charge >= 0.3 is 5.97 Å². The van der Waals surface area contributed by atoms with Gasteiger partial charge < -0.3 is 10.0 Å². The molecule has 1 aromatic rings. The van der Waals surface area contributed by atoms with Crippen LogP contribution in [0.3, 0.4) is 0 Å². The van der Waals surface area contributed by atoms with Crippen molar-refractivity contribution in [2.24, 2.45) is 0 Å². The molecular formula is C12H18N2O2S. The maximum absolute atomic E-state index is 10.5. The van der Waals surface area contributed by atoms with E-state index in [9.17, 15) is 4.79 Å². The van der Waals surface area contributed by atoms with Crippen LogP contribution >= 0.6 is 11.3 Å². The summed E-state index contributed by atoms with van der Waals surface area (Å²) in [7, 11) is 0. The predicted molar refractivity (Wildman–Crippen MR) is 68.3 cm³/mol.